The molecular formula is C7H15NO2. The molecule has 1 aliphatic heterocycles. The number of hydrogen-bond donors (Lipinski definition) is 1. The number of hydrogen-bond acceptors (Lipinski definition) is 3. The quantitative estimate of drug-likeness (QED) is 0.573. The van der Waals surface area contributed by atoms with Crippen molar-refractivity contribution in [2.24, 2.45) is 0 Å². The molecular weight excluding hydrogens is 130 g/mol. The lowest BCUT2D eigenvalue weighted by Crippen LogP contribution is -2.34. The number of carbonyl (C=O) groups excluding carboxylic acids is 1. The minimum Gasteiger partial charge on any atom is -0.380 e. The molecule has 0 aliphatic carbocycles. The maximum Gasteiger partial charge on any atom is 0.106 e. The van der Waals surface area contributed by atoms with Gasteiger partial charge in [0.2, 0.25) is 0 Å². The van der Waals surface area contributed by atoms with E-state index < -0.39 is 0 Å². The smallest absolute Gasteiger partial charge is 0.106 e. The van der Waals surface area contributed by atoms with E-state index in [1.165, 1.54) is 19.4 Å². The Labute approximate surface area is 61.8 Å². The van der Waals surface area contributed by atoms with Crippen molar-refractivity contribution < 1.29 is 9.53 Å². The maximum atomic E-state index is 8.00. The fourth-order valence-corrected chi connectivity index (χ4v) is 1.02. The Morgan fingerprint density at radius 1 is 1.60 bits per heavy atom. The second kappa shape index (κ2) is 6.71. The Bertz CT molecular complexity index is 72.0. The third-order valence-electron chi connectivity index (χ3n) is 1.58. The van der Waals surface area contributed by atoms with Gasteiger partial charge in [-0.15, -0.1) is 0 Å². The number of rotatable bonds is 1. The molecule has 0 radical (unpaired) electrons. The van der Waals surface area contributed by atoms with E-state index in [2.05, 4.69) is 5.32 Å². The molecule has 0 spiro atoms. The summed E-state index contributed by atoms with van der Waals surface area (Å²) >= 11 is 0. The Kier molecular flexibility index (Phi) is 6.43. The molecule has 0 aromatic carbocycles. The lowest BCUT2D eigenvalue weighted by molar-refractivity contribution is -0.0979. The van der Waals surface area contributed by atoms with Gasteiger partial charge in [-0.2, -0.15) is 0 Å². The summed E-state index contributed by atoms with van der Waals surface area (Å²) < 4.78 is 5.13. The first-order valence-corrected chi connectivity index (χ1v) is 3.46. The monoisotopic (exact) mass is 145 g/mol. The summed E-state index contributed by atoms with van der Waals surface area (Å²) in [7, 11) is 1.78. The zero-order valence-corrected chi connectivity index (χ0v) is 6.43. The maximum absolute atomic E-state index is 8.00. The van der Waals surface area contributed by atoms with Gasteiger partial charge in [0.1, 0.15) is 6.79 Å². The van der Waals surface area contributed by atoms with E-state index in [4.69, 9.17) is 9.53 Å². The molecule has 0 saturated carbocycles. The van der Waals surface area contributed by atoms with Crippen molar-refractivity contribution in [1.82, 2.24) is 5.32 Å². The minimum absolute atomic E-state index is 0.476. The van der Waals surface area contributed by atoms with Crippen LogP contribution in [0, 0.1) is 0 Å². The molecule has 0 aromatic rings. The highest BCUT2D eigenvalue weighted by Crippen LogP contribution is 2.03. The van der Waals surface area contributed by atoms with E-state index >= 15 is 0 Å². The molecule has 1 unspecified atom stereocenters. The number of piperidine rings is 1. The molecule has 1 heterocycles. The topological polar surface area (TPSA) is 38.3 Å². The lowest BCUT2D eigenvalue weighted by Gasteiger charge is -2.20. The fraction of sp³-hybridized carbons (Fsp3) is 0.857. The average molecular weight is 145 g/mol. The second-order valence-corrected chi connectivity index (χ2v) is 2.20. The first-order valence-electron chi connectivity index (χ1n) is 3.46. The first kappa shape index (κ1) is 9.59. The van der Waals surface area contributed by atoms with Crippen LogP contribution in [0.25, 0.3) is 0 Å². The summed E-state index contributed by atoms with van der Waals surface area (Å²) in [5.74, 6) is 0. The Balaban J connectivity index is 0.000000371. The molecule has 60 valence electrons. The number of nitrogens with one attached hydrogen (secondary N) is 1. The SMILES string of the molecule is C=O.COC1CCCNC1. The van der Waals surface area contributed by atoms with Gasteiger partial charge in [-0.05, 0) is 19.4 Å². The minimum atomic E-state index is 0.476. The van der Waals surface area contributed by atoms with E-state index in [1.807, 2.05) is 6.79 Å². The van der Waals surface area contributed by atoms with Crippen molar-refractivity contribution in [3.63, 3.8) is 0 Å². The molecule has 1 N–H and O–H groups in total. The lowest BCUT2D eigenvalue weighted by atomic mass is 10.1. The molecule has 0 aromatic heterocycles. The zero-order valence-electron chi connectivity index (χ0n) is 6.43. The van der Waals surface area contributed by atoms with Crippen molar-refractivity contribution in [1.29, 1.82) is 0 Å². The van der Waals surface area contributed by atoms with Crippen molar-refractivity contribution in [3.05, 3.63) is 0 Å². The van der Waals surface area contributed by atoms with Crippen LogP contribution in [0.1, 0.15) is 12.8 Å². The summed E-state index contributed by atoms with van der Waals surface area (Å²) in [6.07, 6.45) is 2.96. The second-order valence-electron chi connectivity index (χ2n) is 2.20. The summed E-state index contributed by atoms with van der Waals surface area (Å²) in [5, 5.41) is 3.26. The van der Waals surface area contributed by atoms with Crippen LogP contribution >= 0.6 is 0 Å². The van der Waals surface area contributed by atoms with Gasteiger partial charge in [0, 0.05) is 13.7 Å². The standard InChI is InChI=1S/C6H13NO.CH2O/c1-8-6-3-2-4-7-5-6;1-2/h6-7H,2-5H2,1H3;1H2. The van der Waals surface area contributed by atoms with Crippen molar-refractivity contribution in [2.75, 3.05) is 20.2 Å². The highest BCUT2D eigenvalue weighted by atomic mass is 16.5. The predicted molar refractivity (Wildman–Crippen MR) is 40.0 cm³/mol. The molecule has 0 bridgehead atoms. The van der Waals surface area contributed by atoms with Crippen molar-refractivity contribution in [3.8, 4) is 0 Å². The van der Waals surface area contributed by atoms with Crippen LogP contribution in [0.3, 0.4) is 0 Å². The Morgan fingerprint density at radius 2 is 2.30 bits per heavy atom. The third-order valence-corrected chi connectivity index (χ3v) is 1.58. The summed E-state index contributed by atoms with van der Waals surface area (Å²) in [6, 6.07) is 0. The molecule has 10 heavy (non-hydrogen) atoms. The number of ether oxygens (including phenoxy) is 1. The van der Waals surface area contributed by atoms with Crippen LogP contribution in [0.15, 0.2) is 0 Å². The molecule has 0 amide bonds. The largest absolute Gasteiger partial charge is 0.380 e. The van der Waals surface area contributed by atoms with Crippen LogP contribution in [0.5, 0.6) is 0 Å². The van der Waals surface area contributed by atoms with Crippen LogP contribution in [-0.2, 0) is 9.53 Å². The van der Waals surface area contributed by atoms with Gasteiger partial charge in [0.25, 0.3) is 0 Å². The number of carbonyl (C=O) groups is 1. The third kappa shape index (κ3) is 3.58. The van der Waals surface area contributed by atoms with Gasteiger partial charge in [-0.1, -0.05) is 0 Å². The van der Waals surface area contributed by atoms with Crippen LogP contribution < -0.4 is 5.32 Å². The summed E-state index contributed by atoms with van der Waals surface area (Å²) in [4.78, 5) is 8.00. The molecule has 3 nitrogen and oxygen atoms in total. The van der Waals surface area contributed by atoms with Gasteiger partial charge in [0.05, 0.1) is 6.10 Å². The van der Waals surface area contributed by atoms with Gasteiger partial charge in [-0.3, -0.25) is 0 Å². The van der Waals surface area contributed by atoms with Crippen LogP contribution in [0.4, 0.5) is 0 Å². The van der Waals surface area contributed by atoms with E-state index in [1.54, 1.807) is 7.11 Å². The highest BCUT2D eigenvalue weighted by Gasteiger charge is 2.09. The van der Waals surface area contributed by atoms with Gasteiger partial charge in [0.15, 0.2) is 0 Å². The molecule has 1 aliphatic rings. The molecule has 3 heteroatoms. The Hall–Kier alpha value is -0.410. The van der Waals surface area contributed by atoms with E-state index in [0.29, 0.717) is 6.10 Å². The molecule has 1 rings (SSSR count). The van der Waals surface area contributed by atoms with E-state index in [0.717, 1.165) is 6.54 Å². The number of methoxy groups -OCH3 is 1. The molecule has 1 atom stereocenters. The fourth-order valence-electron chi connectivity index (χ4n) is 1.02. The van der Waals surface area contributed by atoms with Crippen LogP contribution in [-0.4, -0.2) is 33.1 Å². The summed E-state index contributed by atoms with van der Waals surface area (Å²) in [6.45, 7) is 4.20. The van der Waals surface area contributed by atoms with Crippen molar-refractivity contribution >= 4 is 6.79 Å². The van der Waals surface area contributed by atoms with E-state index in [9.17, 15) is 0 Å². The van der Waals surface area contributed by atoms with E-state index in [-0.39, 0.29) is 0 Å². The highest BCUT2D eigenvalue weighted by molar-refractivity contribution is 5.10. The zero-order chi connectivity index (χ0) is 7.82. The van der Waals surface area contributed by atoms with Crippen molar-refractivity contribution in [2.45, 2.75) is 18.9 Å². The van der Waals surface area contributed by atoms with Gasteiger partial charge >= 0.3 is 0 Å². The molecule has 1 fully saturated rings. The average Bonchev–Trinajstić information content (AvgIpc) is 2.10. The summed E-state index contributed by atoms with van der Waals surface area (Å²) in [5.41, 5.74) is 0. The first-order chi connectivity index (χ1) is 4.93. The Morgan fingerprint density at radius 3 is 2.60 bits per heavy atom. The molecule has 1 saturated heterocycles. The van der Waals surface area contributed by atoms with Gasteiger partial charge in [-0.25, -0.2) is 0 Å². The van der Waals surface area contributed by atoms with Gasteiger partial charge < -0.3 is 14.8 Å². The normalized spacial score (nSPS) is 24.7. The predicted octanol–water partition coefficient (Wildman–Crippen LogP) is 0.200. The van der Waals surface area contributed by atoms with Crippen LogP contribution in [0.2, 0.25) is 0 Å².